The summed E-state index contributed by atoms with van der Waals surface area (Å²) in [5.41, 5.74) is 2.96. The number of aromatic amines is 1. The zero-order chi connectivity index (χ0) is 24.1. The average molecular weight is 527 g/mol. The number of benzene rings is 3. The maximum Gasteiger partial charge on any atom is 0.321 e. The number of aromatic nitrogens is 1. The number of halogens is 2. The van der Waals surface area contributed by atoms with Gasteiger partial charge in [0, 0.05) is 45.7 Å². The fourth-order valence-electron chi connectivity index (χ4n) is 3.82. The van der Waals surface area contributed by atoms with E-state index in [9.17, 15) is 14.3 Å². The standard InChI is InChI=1S/C26H24BrFN2O4/c1-33-24-11-10-20(27)19(25(24)34-15-16-6-2-4-8-21(16)28)14-30-23(26(31)32)12-17-13-29-22-9-5-3-7-18(17)22/h2-11,13,23,29-30H,12,14-15H2,1H3,(H,31,32). The highest BCUT2D eigenvalue weighted by atomic mass is 79.9. The van der Waals surface area contributed by atoms with Gasteiger partial charge in [-0.1, -0.05) is 52.3 Å². The van der Waals surface area contributed by atoms with Gasteiger partial charge in [-0.3, -0.25) is 10.1 Å². The molecular formula is C26H24BrFN2O4. The summed E-state index contributed by atoms with van der Waals surface area (Å²) in [6.45, 7) is 0.202. The first-order chi connectivity index (χ1) is 16.5. The molecule has 0 bridgehead atoms. The van der Waals surface area contributed by atoms with Gasteiger partial charge >= 0.3 is 5.97 Å². The summed E-state index contributed by atoms with van der Waals surface area (Å²) in [5, 5.41) is 14.0. The molecule has 0 saturated heterocycles. The van der Waals surface area contributed by atoms with Crippen LogP contribution in [0, 0.1) is 5.82 Å². The van der Waals surface area contributed by atoms with Crippen LogP contribution in [0.3, 0.4) is 0 Å². The van der Waals surface area contributed by atoms with Gasteiger partial charge in [-0.15, -0.1) is 0 Å². The normalized spacial score (nSPS) is 12.0. The highest BCUT2D eigenvalue weighted by Gasteiger charge is 2.22. The van der Waals surface area contributed by atoms with Crippen LogP contribution >= 0.6 is 15.9 Å². The lowest BCUT2D eigenvalue weighted by atomic mass is 10.0. The SMILES string of the molecule is COc1ccc(Br)c(CNC(Cc2c[nH]c3ccccc23)C(=O)O)c1OCc1ccccc1F. The van der Waals surface area contributed by atoms with Crippen molar-refractivity contribution < 1.29 is 23.8 Å². The Balaban J connectivity index is 1.55. The van der Waals surface area contributed by atoms with Crippen molar-refractivity contribution in [3.8, 4) is 11.5 Å². The van der Waals surface area contributed by atoms with Crippen LogP contribution in [-0.2, 0) is 24.4 Å². The molecule has 0 aliphatic heterocycles. The maximum atomic E-state index is 14.1. The van der Waals surface area contributed by atoms with Crippen LogP contribution in [0.15, 0.2) is 71.3 Å². The third kappa shape index (κ3) is 5.24. The molecule has 0 radical (unpaired) electrons. The molecule has 8 heteroatoms. The van der Waals surface area contributed by atoms with Crippen molar-refractivity contribution in [2.75, 3.05) is 7.11 Å². The molecular weight excluding hydrogens is 503 g/mol. The minimum atomic E-state index is -0.960. The second-order valence-electron chi connectivity index (χ2n) is 7.77. The van der Waals surface area contributed by atoms with E-state index in [2.05, 4.69) is 26.2 Å². The molecule has 4 rings (SSSR count). The first kappa shape index (κ1) is 23.8. The largest absolute Gasteiger partial charge is 0.493 e. The van der Waals surface area contributed by atoms with E-state index in [0.29, 0.717) is 29.0 Å². The van der Waals surface area contributed by atoms with Gasteiger partial charge in [0.15, 0.2) is 11.5 Å². The highest BCUT2D eigenvalue weighted by molar-refractivity contribution is 9.10. The zero-order valence-corrected chi connectivity index (χ0v) is 20.1. The van der Waals surface area contributed by atoms with E-state index in [0.717, 1.165) is 20.9 Å². The van der Waals surface area contributed by atoms with Crippen LogP contribution in [0.4, 0.5) is 4.39 Å². The number of nitrogens with one attached hydrogen (secondary N) is 2. The predicted molar refractivity (Wildman–Crippen MR) is 132 cm³/mol. The number of carboxylic acid groups (broad SMARTS) is 1. The first-order valence-corrected chi connectivity index (χ1v) is 11.5. The Morgan fingerprint density at radius 1 is 1.12 bits per heavy atom. The second-order valence-corrected chi connectivity index (χ2v) is 8.63. The number of methoxy groups -OCH3 is 1. The number of H-pyrrole nitrogens is 1. The Labute approximate surface area is 204 Å². The Hall–Kier alpha value is -3.36. The molecule has 3 N–H and O–H groups in total. The summed E-state index contributed by atoms with van der Waals surface area (Å²) in [4.78, 5) is 15.2. The first-order valence-electron chi connectivity index (χ1n) is 10.7. The van der Waals surface area contributed by atoms with Crippen molar-refractivity contribution in [2.24, 2.45) is 0 Å². The molecule has 4 aromatic rings. The van der Waals surface area contributed by atoms with Crippen LogP contribution < -0.4 is 14.8 Å². The predicted octanol–water partition coefficient (Wildman–Crippen LogP) is 5.44. The van der Waals surface area contributed by atoms with Crippen molar-refractivity contribution in [2.45, 2.75) is 25.6 Å². The maximum absolute atomic E-state index is 14.1. The van der Waals surface area contributed by atoms with Crippen LogP contribution in [0.25, 0.3) is 10.9 Å². The molecule has 0 aliphatic rings. The average Bonchev–Trinajstić information content (AvgIpc) is 3.24. The molecule has 1 aromatic heterocycles. The fraction of sp³-hybridized carbons (Fsp3) is 0.192. The van der Waals surface area contributed by atoms with Gasteiger partial charge < -0.3 is 19.6 Å². The third-order valence-corrected chi connectivity index (χ3v) is 6.38. The summed E-state index contributed by atoms with van der Waals surface area (Å²) in [5.74, 6) is -0.428. The lowest BCUT2D eigenvalue weighted by molar-refractivity contribution is -0.139. The fourth-order valence-corrected chi connectivity index (χ4v) is 4.28. The molecule has 1 atom stereocenters. The summed E-state index contributed by atoms with van der Waals surface area (Å²) < 4.78 is 26.2. The number of carboxylic acids is 1. The van der Waals surface area contributed by atoms with Crippen LogP contribution in [-0.4, -0.2) is 29.2 Å². The van der Waals surface area contributed by atoms with Crippen LogP contribution in [0.2, 0.25) is 0 Å². The molecule has 34 heavy (non-hydrogen) atoms. The minimum Gasteiger partial charge on any atom is -0.493 e. The Bertz CT molecular complexity index is 1310. The molecule has 3 aromatic carbocycles. The van der Waals surface area contributed by atoms with Crippen molar-refractivity contribution >= 4 is 32.8 Å². The quantitative estimate of drug-likeness (QED) is 0.256. The topological polar surface area (TPSA) is 83.6 Å². The molecule has 0 saturated carbocycles. The number of hydrogen-bond donors (Lipinski definition) is 3. The lowest BCUT2D eigenvalue weighted by Gasteiger charge is -2.19. The summed E-state index contributed by atoms with van der Waals surface area (Å²) in [6.07, 6.45) is 2.14. The number of carbonyl (C=O) groups is 1. The van der Waals surface area contributed by atoms with E-state index in [1.54, 1.807) is 30.3 Å². The van der Waals surface area contributed by atoms with Crippen molar-refractivity contribution in [3.05, 3.63) is 93.8 Å². The summed E-state index contributed by atoms with van der Waals surface area (Å²) in [7, 11) is 1.52. The Morgan fingerprint density at radius 3 is 2.65 bits per heavy atom. The number of rotatable bonds is 10. The van der Waals surface area contributed by atoms with Crippen molar-refractivity contribution in [3.63, 3.8) is 0 Å². The van der Waals surface area contributed by atoms with E-state index in [-0.39, 0.29) is 19.0 Å². The van der Waals surface area contributed by atoms with Crippen LogP contribution in [0.5, 0.6) is 11.5 Å². The third-order valence-electron chi connectivity index (χ3n) is 5.64. The van der Waals surface area contributed by atoms with E-state index in [4.69, 9.17) is 9.47 Å². The number of fused-ring (bicyclic) bond motifs is 1. The van der Waals surface area contributed by atoms with E-state index < -0.39 is 12.0 Å². The zero-order valence-electron chi connectivity index (χ0n) is 18.5. The summed E-state index contributed by atoms with van der Waals surface area (Å²) >= 11 is 3.53. The Kier molecular flexibility index (Phi) is 7.49. The van der Waals surface area contributed by atoms with Gasteiger partial charge in [-0.25, -0.2) is 4.39 Å². The number of aliphatic carboxylic acids is 1. The van der Waals surface area contributed by atoms with E-state index in [1.807, 2.05) is 30.5 Å². The smallest absolute Gasteiger partial charge is 0.321 e. The number of hydrogen-bond acceptors (Lipinski definition) is 4. The second kappa shape index (κ2) is 10.7. The van der Waals surface area contributed by atoms with Gasteiger partial charge in [0.05, 0.1) is 7.11 Å². The highest BCUT2D eigenvalue weighted by Crippen LogP contribution is 2.37. The van der Waals surface area contributed by atoms with Gasteiger partial charge in [-0.2, -0.15) is 0 Å². The minimum absolute atomic E-state index is 0.00415. The molecule has 0 spiro atoms. The van der Waals surface area contributed by atoms with Crippen molar-refractivity contribution in [1.82, 2.24) is 10.3 Å². The molecule has 0 fully saturated rings. The van der Waals surface area contributed by atoms with Crippen LogP contribution in [0.1, 0.15) is 16.7 Å². The van der Waals surface area contributed by atoms with Gasteiger partial charge in [-0.05, 0) is 29.8 Å². The molecule has 1 heterocycles. The number of para-hydroxylation sites is 1. The van der Waals surface area contributed by atoms with Crippen molar-refractivity contribution in [1.29, 1.82) is 0 Å². The lowest BCUT2D eigenvalue weighted by Crippen LogP contribution is -2.38. The molecule has 0 amide bonds. The van der Waals surface area contributed by atoms with Gasteiger partial charge in [0.1, 0.15) is 18.5 Å². The molecule has 1 unspecified atom stereocenters. The molecule has 176 valence electrons. The van der Waals surface area contributed by atoms with Gasteiger partial charge in [0.25, 0.3) is 0 Å². The van der Waals surface area contributed by atoms with E-state index >= 15 is 0 Å². The molecule has 6 nitrogen and oxygen atoms in total. The van der Waals surface area contributed by atoms with Gasteiger partial charge in [0.2, 0.25) is 0 Å². The monoisotopic (exact) mass is 526 g/mol. The summed E-state index contributed by atoms with van der Waals surface area (Å²) in [6, 6.07) is 16.9. The van der Waals surface area contributed by atoms with E-state index in [1.165, 1.54) is 13.2 Å². The Morgan fingerprint density at radius 2 is 1.88 bits per heavy atom. The molecule has 0 aliphatic carbocycles. The number of ether oxygens (including phenoxy) is 2.